The number of rotatable bonds is 4. The summed E-state index contributed by atoms with van der Waals surface area (Å²) >= 11 is 0. The molecule has 2 aromatic carbocycles. The van der Waals surface area contributed by atoms with Crippen LogP contribution in [0.1, 0.15) is 32.6 Å². The number of aryl methyl sites for hydroxylation is 3. The second-order valence-electron chi connectivity index (χ2n) is 4.96. The minimum Gasteiger partial charge on any atom is -0.489 e. The molecule has 0 unspecified atom stereocenters. The van der Waals surface area contributed by atoms with Crippen LogP contribution in [-0.2, 0) is 6.61 Å². The fourth-order valence-corrected chi connectivity index (χ4v) is 2.11. The Balaban J connectivity index is 2.27. The fourth-order valence-electron chi connectivity index (χ4n) is 2.11. The van der Waals surface area contributed by atoms with Gasteiger partial charge in [0.2, 0.25) is 0 Å². The summed E-state index contributed by atoms with van der Waals surface area (Å²) in [6, 6.07) is 11.2. The van der Waals surface area contributed by atoms with Crippen molar-refractivity contribution in [1.82, 2.24) is 0 Å². The van der Waals surface area contributed by atoms with Gasteiger partial charge in [-0.15, -0.1) is 0 Å². The van der Waals surface area contributed by atoms with Gasteiger partial charge < -0.3 is 9.84 Å². The van der Waals surface area contributed by atoms with Gasteiger partial charge in [0.25, 0.3) is 0 Å². The zero-order valence-corrected chi connectivity index (χ0v) is 11.9. The van der Waals surface area contributed by atoms with E-state index in [1.807, 2.05) is 45.0 Å². The molecule has 3 heteroatoms. The van der Waals surface area contributed by atoms with Crippen LogP contribution < -0.4 is 4.74 Å². The lowest BCUT2D eigenvalue weighted by Crippen LogP contribution is -2.08. The minimum absolute atomic E-state index is 0.262. The number of hydrogen-bond donors (Lipinski definition) is 1. The Kier molecular flexibility index (Phi) is 4.08. The van der Waals surface area contributed by atoms with Gasteiger partial charge in [0.15, 0.2) is 0 Å². The summed E-state index contributed by atoms with van der Waals surface area (Å²) in [5.74, 6) is -0.127. The molecule has 0 saturated carbocycles. The summed E-state index contributed by atoms with van der Waals surface area (Å²) in [4.78, 5) is 11.3. The van der Waals surface area contributed by atoms with Gasteiger partial charge in [-0.1, -0.05) is 24.3 Å². The second-order valence-corrected chi connectivity index (χ2v) is 4.96. The molecule has 0 heterocycles. The lowest BCUT2D eigenvalue weighted by molar-refractivity contribution is 0.0693. The molecule has 2 aromatic rings. The number of hydrogen-bond acceptors (Lipinski definition) is 2. The molecular formula is C17H18O3. The van der Waals surface area contributed by atoms with Gasteiger partial charge >= 0.3 is 5.97 Å². The number of ether oxygens (including phenoxy) is 1. The molecule has 104 valence electrons. The zero-order chi connectivity index (χ0) is 14.7. The van der Waals surface area contributed by atoms with E-state index in [4.69, 9.17) is 4.74 Å². The number of carboxylic acids is 1. The SMILES string of the molecule is Cc1ccc(C)c(OCc2c(C)cccc2C(=O)O)c1. The van der Waals surface area contributed by atoms with Crippen LogP contribution in [0.5, 0.6) is 5.75 Å². The smallest absolute Gasteiger partial charge is 0.336 e. The highest BCUT2D eigenvalue weighted by atomic mass is 16.5. The third-order valence-corrected chi connectivity index (χ3v) is 3.36. The normalized spacial score (nSPS) is 10.3. The summed E-state index contributed by atoms with van der Waals surface area (Å²) in [5.41, 5.74) is 4.11. The highest BCUT2D eigenvalue weighted by molar-refractivity contribution is 5.89. The van der Waals surface area contributed by atoms with E-state index < -0.39 is 5.97 Å². The number of benzene rings is 2. The van der Waals surface area contributed by atoms with Crippen molar-refractivity contribution in [2.24, 2.45) is 0 Å². The lowest BCUT2D eigenvalue weighted by Gasteiger charge is -2.13. The van der Waals surface area contributed by atoms with Crippen LogP contribution in [-0.4, -0.2) is 11.1 Å². The molecule has 3 nitrogen and oxygen atoms in total. The van der Waals surface area contributed by atoms with Crippen molar-refractivity contribution in [2.75, 3.05) is 0 Å². The first-order chi connectivity index (χ1) is 9.49. The minimum atomic E-state index is -0.923. The molecule has 0 aromatic heterocycles. The Morgan fingerprint density at radius 2 is 1.85 bits per heavy atom. The van der Waals surface area contributed by atoms with Crippen molar-refractivity contribution in [3.05, 3.63) is 64.2 Å². The van der Waals surface area contributed by atoms with Crippen molar-refractivity contribution in [2.45, 2.75) is 27.4 Å². The molecular weight excluding hydrogens is 252 g/mol. The molecule has 2 rings (SSSR count). The largest absolute Gasteiger partial charge is 0.489 e. The summed E-state index contributed by atoms with van der Waals surface area (Å²) in [5, 5.41) is 9.23. The van der Waals surface area contributed by atoms with Crippen molar-refractivity contribution < 1.29 is 14.6 Å². The standard InChI is InChI=1S/C17H18O3/c1-11-7-8-13(3)16(9-11)20-10-15-12(2)5-4-6-14(15)17(18)19/h4-9H,10H2,1-3H3,(H,18,19). The van der Waals surface area contributed by atoms with Gasteiger partial charge in [-0.05, 0) is 49.6 Å². The Morgan fingerprint density at radius 1 is 1.10 bits per heavy atom. The van der Waals surface area contributed by atoms with E-state index in [2.05, 4.69) is 0 Å². The molecule has 0 atom stereocenters. The van der Waals surface area contributed by atoms with Crippen molar-refractivity contribution in [3.8, 4) is 5.75 Å². The molecule has 0 amide bonds. The van der Waals surface area contributed by atoms with Crippen LogP contribution in [0.3, 0.4) is 0 Å². The predicted octanol–water partition coefficient (Wildman–Crippen LogP) is 3.89. The number of aromatic carboxylic acids is 1. The van der Waals surface area contributed by atoms with Crippen LogP contribution in [0.15, 0.2) is 36.4 Å². The Labute approximate surface area is 118 Å². The van der Waals surface area contributed by atoms with Gasteiger partial charge in [0, 0.05) is 5.56 Å². The first-order valence-corrected chi connectivity index (χ1v) is 6.51. The monoisotopic (exact) mass is 270 g/mol. The third kappa shape index (κ3) is 2.99. The summed E-state index contributed by atoms with van der Waals surface area (Å²) < 4.78 is 5.81. The molecule has 0 aliphatic rings. The Hall–Kier alpha value is -2.29. The van der Waals surface area contributed by atoms with E-state index >= 15 is 0 Å². The van der Waals surface area contributed by atoms with Crippen molar-refractivity contribution in [3.63, 3.8) is 0 Å². The third-order valence-electron chi connectivity index (χ3n) is 3.36. The summed E-state index contributed by atoms with van der Waals surface area (Å²) in [7, 11) is 0. The second kappa shape index (κ2) is 5.78. The number of carbonyl (C=O) groups is 1. The molecule has 0 fully saturated rings. The maximum Gasteiger partial charge on any atom is 0.336 e. The van der Waals surface area contributed by atoms with Crippen LogP contribution in [0.25, 0.3) is 0 Å². The van der Waals surface area contributed by atoms with E-state index in [0.29, 0.717) is 5.56 Å². The summed E-state index contributed by atoms with van der Waals surface area (Å²) in [6.45, 7) is 6.14. The molecule has 0 aliphatic carbocycles. The molecule has 0 saturated heterocycles. The Morgan fingerprint density at radius 3 is 2.55 bits per heavy atom. The van der Waals surface area contributed by atoms with E-state index in [1.54, 1.807) is 12.1 Å². The van der Waals surface area contributed by atoms with Gasteiger partial charge in [0.05, 0.1) is 5.56 Å². The molecule has 20 heavy (non-hydrogen) atoms. The van der Waals surface area contributed by atoms with Gasteiger partial charge in [0.1, 0.15) is 12.4 Å². The highest BCUT2D eigenvalue weighted by Crippen LogP contribution is 2.22. The van der Waals surface area contributed by atoms with Gasteiger partial charge in [-0.3, -0.25) is 0 Å². The van der Waals surface area contributed by atoms with Crippen LogP contribution in [0.4, 0.5) is 0 Å². The lowest BCUT2D eigenvalue weighted by atomic mass is 10.0. The van der Waals surface area contributed by atoms with Crippen LogP contribution in [0, 0.1) is 20.8 Å². The zero-order valence-electron chi connectivity index (χ0n) is 11.9. The quantitative estimate of drug-likeness (QED) is 0.916. The van der Waals surface area contributed by atoms with Crippen molar-refractivity contribution in [1.29, 1.82) is 0 Å². The van der Waals surface area contributed by atoms with Crippen LogP contribution >= 0.6 is 0 Å². The molecule has 0 bridgehead atoms. The highest BCUT2D eigenvalue weighted by Gasteiger charge is 2.12. The predicted molar refractivity (Wildman–Crippen MR) is 78.4 cm³/mol. The van der Waals surface area contributed by atoms with E-state index in [0.717, 1.165) is 28.0 Å². The molecule has 0 aliphatic heterocycles. The maximum atomic E-state index is 11.3. The average molecular weight is 270 g/mol. The van der Waals surface area contributed by atoms with Gasteiger partial charge in [-0.2, -0.15) is 0 Å². The van der Waals surface area contributed by atoms with Gasteiger partial charge in [-0.25, -0.2) is 4.79 Å². The van der Waals surface area contributed by atoms with Crippen molar-refractivity contribution >= 4 is 5.97 Å². The molecule has 0 spiro atoms. The molecule has 1 N–H and O–H groups in total. The first-order valence-electron chi connectivity index (χ1n) is 6.51. The van der Waals surface area contributed by atoms with Crippen LogP contribution in [0.2, 0.25) is 0 Å². The summed E-state index contributed by atoms with van der Waals surface area (Å²) in [6.07, 6.45) is 0. The number of carboxylic acid groups (broad SMARTS) is 1. The Bertz CT molecular complexity index is 645. The van der Waals surface area contributed by atoms with E-state index in [9.17, 15) is 9.90 Å². The fraction of sp³-hybridized carbons (Fsp3) is 0.235. The van der Waals surface area contributed by atoms with E-state index in [-0.39, 0.29) is 6.61 Å². The van der Waals surface area contributed by atoms with E-state index in [1.165, 1.54) is 0 Å². The maximum absolute atomic E-state index is 11.3. The first kappa shape index (κ1) is 14.1. The average Bonchev–Trinajstić information content (AvgIpc) is 2.40. The molecule has 0 radical (unpaired) electrons. The topological polar surface area (TPSA) is 46.5 Å².